The summed E-state index contributed by atoms with van der Waals surface area (Å²) in [6.07, 6.45) is 0.882. The average molecular weight is 576 g/mol. The lowest BCUT2D eigenvalue weighted by atomic mass is 9.96. The summed E-state index contributed by atoms with van der Waals surface area (Å²) in [6.45, 7) is 0. The Kier molecular flexibility index (Phi) is 5.92. The monoisotopic (exact) mass is 575 g/mol. The lowest BCUT2D eigenvalue weighted by molar-refractivity contribution is 0.666. The minimum Gasteiger partial charge on any atom is -0.454 e. The largest absolute Gasteiger partial charge is 0.454 e. The van der Waals surface area contributed by atoms with Crippen molar-refractivity contribution in [2.75, 3.05) is 0 Å². The number of nitrogens with zero attached hydrogens (tertiary/aromatic N) is 1. The quantitative estimate of drug-likeness (QED) is 0.200. The number of hydrogen-bond donors (Lipinski definition) is 0. The van der Waals surface area contributed by atoms with Gasteiger partial charge in [-0.2, -0.15) is 0 Å². The van der Waals surface area contributed by atoms with Crippen LogP contribution in [0.5, 0.6) is 0 Å². The summed E-state index contributed by atoms with van der Waals surface area (Å²) < 4.78 is 8.97. The first-order valence-corrected chi connectivity index (χ1v) is 15.5. The van der Waals surface area contributed by atoms with Crippen LogP contribution < -0.4 is 0 Å². The number of benzene rings is 7. The molecule has 0 aliphatic carbocycles. The second kappa shape index (κ2) is 10.4. The minimum absolute atomic E-state index is 0.882. The zero-order valence-corrected chi connectivity index (χ0v) is 24.7. The fourth-order valence-electron chi connectivity index (χ4n) is 6.91. The predicted molar refractivity (Wildman–Crippen MR) is 188 cm³/mol. The van der Waals surface area contributed by atoms with E-state index in [1.807, 2.05) is 0 Å². The van der Waals surface area contributed by atoms with E-state index in [0.717, 1.165) is 34.0 Å². The Morgan fingerprint density at radius 2 is 0.956 bits per heavy atom. The van der Waals surface area contributed by atoms with Gasteiger partial charge in [0.05, 0.1) is 16.7 Å². The van der Waals surface area contributed by atoms with E-state index < -0.39 is 0 Å². The summed E-state index contributed by atoms with van der Waals surface area (Å²) in [7, 11) is 0. The van der Waals surface area contributed by atoms with Crippen LogP contribution in [0, 0.1) is 0 Å². The standard InChI is InChI=1S/C43H29NO/c1-2-13-31(14-3-1)32-15-8-11-29(26-32)25-30-12-9-16-33(27-30)34-23-24-42-38(28-34)37-19-10-22-41(43(37)45-42)44-39-20-6-4-17-35(39)36-18-5-7-21-40(36)44/h1-24,26-28H,25H2. The van der Waals surface area contributed by atoms with Gasteiger partial charge in [-0.1, -0.05) is 133 Å². The predicted octanol–water partition coefficient (Wildman–Crippen LogP) is 11.6. The van der Waals surface area contributed by atoms with Crippen LogP contribution in [0.15, 0.2) is 168 Å². The maximum absolute atomic E-state index is 6.63. The van der Waals surface area contributed by atoms with E-state index in [-0.39, 0.29) is 0 Å². The maximum Gasteiger partial charge on any atom is 0.159 e. The Labute approximate surface area is 261 Å². The van der Waals surface area contributed by atoms with Crippen molar-refractivity contribution < 1.29 is 4.42 Å². The molecule has 0 saturated carbocycles. The third-order valence-corrected chi connectivity index (χ3v) is 9.00. The molecule has 2 aromatic heterocycles. The van der Waals surface area contributed by atoms with Crippen LogP contribution in [0.4, 0.5) is 0 Å². The number of hydrogen-bond acceptors (Lipinski definition) is 1. The molecule has 7 aromatic carbocycles. The normalized spacial score (nSPS) is 11.6. The number of fused-ring (bicyclic) bond motifs is 6. The van der Waals surface area contributed by atoms with Crippen molar-refractivity contribution >= 4 is 43.7 Å². The van der Waals surface area contributed by atoms with E-state index in [0.29, 0.717) is 0 Å². The molecule has 212 valence electrons. The van der Waals surface area contributed by atoms with Gasteiger partial charge in [-0.05, 0) is 70.1 Å². The van der Waals surface area contributed by atoms with Crippen molar-refractivity contribution in [2.24, 2.45) is 0 Å². The molecular weight excluding hydrogens is 546 g/mol. The summed E-state index contributed by atoms with van der Waals surface area (Å²) in [4.78, 5) is 0. The molecule has 0 spiro atoms. The molecule has 0 radical (unpaired) electrons. The SMILES string of the molecule is c1ccc(-c2cccc(Cc3cccc(-c4ccc5oc6c(-n7c8ccccc8c8ccccc87)cccc6c5c4)c3)c2)cc1. The Balaban J connectivity index is 1.12. The highest BCUT2D eigenvalue weighted by molar-refractivity contribution is 6.13. The third kappa shape index (κ3) is 4.34. The minimum atomic E-state index is 0.882. The zero-order valence-electron chi connectivity index (χ0n) is 24.7. The van der Waals surface area contributed by atoms with Gasteiger partial charge >= 0.3 is 0 Å². The van der Waals surface area contributed by atoms with E-state index in [2.05, 4.69) is 168 Å². The highest BCUT2D eigenvalue weighted by Crippen LogP contribution is 2.39. The van der Waals surface area contributed by atoms with Crippen molar-refractivity contribution in [2.45, 2.75) is 6.42 Å². The van der Waals surface area contributed by atoms with E-state index in [4.69, 9.17) is 4.42 Å². The second-order valence-electron chi connectivity index (χ2n) is 11.8. The Morgan fingerprint density at radius 1 is 0.400 bits per heavy atom. The first kappa shape index (κ1) is 25.6. The van der Waals surface area contributed by atoms with Crippen LogP contribution in [0.25, 0.3) is 71.7 Å². The second-order valence-corrected chi connectivity index (χ2v) is 11.8. The number of aromatic nitrogens is 1. The molecule has 0 amide bonds. The van der Waals surface area contributed by atoms with E-state index in [9.17, 15) is 0 Å². The Hall–Kier alpha value is -5.86. The lowest BCUT2D eigenvalue weighted by Gasteiger charge is -2.09. The van der Waals surface area contributed by atoms with Crippen LogP contribution in [0.3, 0.4) is 0 Å². The molecular formula is C43H29NO. The summed E-state index contributed by atoms with van der Waals surface area (Å²) >= 11 is 0. The molecule has 0 atom stereocenters. The third-order valence-electron chi connectivity index (χ3n) is 9.00. The summed E-state index contributed by atoms with van der Waals surface area (Å²) in [5.41, 5.74) is 12.7. The van der Waals surface area contributed by atoms with E-state index in [1.165, 1.54) is 55.2 Å². The summed E-state index contributed by atoms with van der Waals surface area (Å²) in [6, 6.07) is 58.7. The molecule has 0 aliphatic heterocycles. The topological polar surface area (TPSA) is 18.1 Å². The van der Waals surface area contributed by atoms with E-state index in [1.54, 1.807) is 0 Å². The fraction of sp³-hybridized carbons (Fsp3) is 0.0233. The highest BCUT2D eigenvalue weighted by Gasteiger charge is 2.17. The van der Waals surface area contributed by atoms with Crippen LogP contribution in [-0.2, 0) is 6.42 Å². The van der Waals surface area contributed by atoms with Crippen molar-refractivity contribution in [1.82, 2.24) is 4.57 Å². The number of rotatable bonds is 5. The molecule has 0 bridgehead atoms. The van der Waals surface area contributed by atoms with Gasteiger partial charge in [0.1, 0.15) is 5.58 Å². The molecule has 0 aliphatic rings. The smallest absolute Gasteiger partial charge is 0.159 e. The van der Waals surface area contributed by atoms with Gasteiger partial charge in [0.2, 0.25) is 0 Å². The van der Waals surface area contributed by atoms with Crippen molar-refractivity contribution in [3.05, 3.63) is 175 Å². The first-order valence-electron chi connectivity index (χ1n) is 15.5. The van der Waals surface area contributed by atoms with Crippen molar-refractivity contribution in [3.63, 3.8) is 0 Å². The maximum atomic E-state index is 6.63. The van der Waals surface area contributed by atoms with Gasteiger partial charge in [-0.15, -0.1) is 0 Å². The van der Waals surface area contributed by atoms with Gasteiger partial charge in [-0.3, -0.25) is 0 Å². The van der Waals surface area contributed by atoms with Gasteiger partial charge in [-0.25, -0.2) is 0 Å². The van der Waals surface area contributed by atoms with Crippen LogP contribution in [-0.4, -0.2) is 4.57 Å². The van der Waals surface area contributed by atoms with E-state index >= 15 is 0 Å². The van der Waals surface area contributed by atoms with Crippen molar-refractivity contribution in [1.29, 1.82) is 0 Å². The van der Waals surface area contributed by atoms with Crippen molar-refractivity contribution in [3.8, 4) is 27.9 Å². The molecule has 0 unspecified atom stereocenters. The molecule has 2 heteroatoms. The summed E-state index contributed by atoms with van der Waals surface area (Å²) in [5.74, 6) is 0. The van der Waals surface area contributed by atoms with Gasteiger partial charge in [0.25, 0.3) is 0 Å². The number of para-hydroxylation sites is 3. The Bertz CT molecular complexity index is 2460. The molecule has 9 rings (SSSR count). The van der Waals surface area contributed by atoms with Gasteiger partial charge in [0.15, 0.2) is 5.58 Å². The lowest BCUT2D eigenvalue weighted by Crippen LogP contribution is -1.93. The molecule has 0 fully saturated rings. The molecule has 2 nitrogen and oxygen atoms in total. The zero-order chi connectivity index (χ0) is 29.7. The summed E-state index contributed by atoms with van der Waals surface area (Å²) in [5, 5.41) is 4.75. The molecule has 0 saturated heterocycles. The molecule has 0 N–H and O–H groups in total. The molecule has 45 heavy (non-hydrogen) atoms. The van der Waals surface area contributed by atoms with Gasteiger partial charge < -0.3 is 8.98 Å². The molecule has 9 aromatic rings. The van der Waals surface area contributed by atoms with Crippen LogP contribution in [0.2, 0.25) is 0 Å². The van der Waals surface area contributed by atoms with Gasteiger partial charge in [0, 0.05) is 21.5 Å². The number of furan rings is 1. The Morgan fingerprint density at radius 3 is 1.67 bits per heavy atom. The van der Waals surface area contributed by atoms with Crippen LogP contribution >= 0.6 is 0 Å². The van der Waals surface area contributed by atoms with Crippen LogP contribution in [0.1, 0.15) is 11.1 Å². The molecule has 2 heterocycles. The first-order chi connectivity index (χ1) is 22.3. The highest BCUT2D eigenvalue weighted by atomic mass is 16.3. The fourth-order valence-corrected chi connectivity index (χ4v) is 6.91. The average Bonchev–Trinajstić information content (AvgIpc) is 3.65.